The van der Waals surface area contributed by atoms with Gasteiger partial charge >= 0.3 is 0 Å². The van der Waals surface area contributed by atoms with Gasteiger partial charge in [0.05, 0.1) is 6.10 Å². The number of ether oxygens (including phenoxy) is 1. The van der Waals surface area contributed by atoms with Crippen molar-refractivity contribution in [2.75, 3.05) is 26.2 Å². The van der Waals surface area contributed by atoms with Crippen molar-refractivity contribution >= 4 is 0 Å². The maximum atomic E-state index is 5.68. The first kappa shape index (κ1) is 8.48. The van der Waals surface area contributed by atoms with Gasteiger partial charge in [0.25, 0.3) is 0 Å². The molecule has 2 N–H and O–H groups in total. The average molecular weight is 170 g/mol. The second-order valence-electron chi connectivity index (χ2n) is 3.94. The summed E-state index contributed by atoms with van der Waals surface area (Å²) in [7, 11) is 0. The van der Waals surface area contributed by atoms with E-state index in [0.717, 1.165) is 19.7 Å². The Balaban J connectivity index is 1.56. The van der Waals surface area contributed by atoms with Crippen LogP contribution in [0.15, 0.2) is 0 Å². The van der Waals surface area contributed by atoms with Crippen LogP contribution >= 0.6 is 0 Å². The Kier molecular flexibility index (Phi) is 2.63. The molecule has 0 bridgehead atoms. The fourth-order valence-corrected chi connectivity index (χ4v) is 1.99. The predicted molar refractivity (Wildman–Crippen MR) is 48.0 cm³/mol. The highest BCUT2D eigenvalue weighted by Crippen LogP contribution is 2.16. The van der Waals surface area contributed by atoms with Crippen LogP contribution in [-0.2, 0) is 4.74 Å². The molecule has 0 amide bonds. The zero-order chi connectivity index (χ0) is 8.39. The van der Waals surface area contributed by atoms with E-state index in [-0.39, 0.29) is 0 Å². The van der Waals surface area contributed by atoms with Gasteiger partial charge in [-0.25, -0.2) is 0 Å². The minimum Gasteiger partial charge on any atom is -0.378 e. The fraction of sp³-hybridized carbons (Fsp3) is 1.00. The third-order valence-electron chi connectivity index (χ3n) is 2.78. The molecule has 2 heterocycles. The van der Waals surface area contributed by atoms with Crippen LogP contribution < -0.4 is 5.73 Å². The highest BCUT2D eigenvalue weighted by atomic mass is 16.5. The quantitative estimate of drug-likeness (QED) is 0.657. The van der Waals surface area contributed by atoms with E-state index in [0.29, 0.717) is 12.1 Å². The molecule has 3 nitrogen and oxygen atoms in total. The van der Waals surface area contributed by atoms with Gasteiger partial charge in [-0.1, -0.05) is 0 Å². The van der Waals surface area contributed by atoms with Gasteiger partial charge in [-0.15, -0.1) is 0 Å². The van der Waals surface area contributed by atoms with Crippen molar-refractivity contribution in [1.82, 2.24) is 4.90 Å². The molecule has 12 heavy (non-hydrogen) atoms. The molecule has 0 aromatic heterocycles. The molecule has 0 saturated carbocycles. The monoisotopic (exact) mass is 170 g/mol. The molecular formula is C9H18N2O. The van der Waals surface area contributed by atoms with E-state index >= 15 is 0 Å². The minimum absolute atomic E-state index is 0.439. The van der Waals surface area contributed by atoms with Crippen LogP contribution in [0.5, 0.6) is 0 Å². The maximum Gasteiger partial charge on any atom is 0.0588 e. The van der Waals surface area contributed by atoms with Gasteiger partial charge in [0, 0.05) is 32.3 Å². The molecule has 1 atom stereocenters. The summed E-state index contributed by atoms with van der Waals surface area (Å²) < 4.78 is 5.54. The normalized spacial score (nSPS) is 32.2. The van der Waals surface area contributed by atoms with E-state index in [1.54, 1.807) is 0 Å². The summed E-state index contributed by atoms with van der Waals surface area (Å²) in [6.07, 6.45) is 4.26. The summed E-state index contributed by atoms with van der Waals surface area (Å²) >= 11 is 0. The molecular weight excluding hydrogens is 152 g/mol. The Morgan fingerprint density at radius 1 is 1.42 bits per heavy atom. The van der Waals surface area contributed by atoms with Gasteiger partial charge in [-0.05, 0) is 19.3 Å². The molecule has 0 aromatic carbocycles. The molecule has 2 saturated heterocycles. The van der Waals surface area contributed by atoms with Crippen molar-refractivity contribution in [3.63, 3.8) is 0 Å². The Morgan fingerprint density at radius 3 is 2.83 bits per heavy atom. The molecule has 1 unspecified atom stereocenters. The molecule has 2 aliphatic heterocycles. The van der Waals surface area contributed by atoms with Gasteiger partial charge in [0.1, 0.15) is 0 Å². The number of rotatable bonds is 3. The first-order chi connectivity index (χ1) is 5.84. The van der Waals surface area contributed by atoms with Gasteiger partial charge in [-0.2, -0.15) is 0 Å². The van der Waals surface area contributed by atoms with Crippen LogP contribution in [-0.4, -0.2) is 43.3 Å². The minimum atomic E-state index is 0.439. The summed E-state index contributed by atoms with van der Waals surface area (Å²) in [6.45, 7) is 4.34. The van der Waals surface area contributed by atoms with E-state index in [4.69, 9.17) is 10.5 Å². The third kappa shape index (κ3) is 1.97. The Hall–Kier alpha value is -0.120. The standard InChI is InChI=1S/C9H18N2O/c10-8-6-11(7-8)4-3-9-2-1-5-12-9/h8-9H,1-7,10H2. The van der Waals surface area contributed by atoms with Crippen LogP contribution in [0.1, 0.15) is 19.3 Å². The Morgan fingerprint density at radius 2 is 2.25 bits per heavy atom. The molecule has 0 aliphatic carbocycles. The number of nitrogens with zero attached hydrogens (tertiary/aromatic N) is 1. The maximum absolute atomic E-state index is 5.68. The van der Waals surface area contributed by atoms with E-state index in [2.05, 4.69) is 4.90 Å². The lowest BCUT2D eigenvalue weighted by Crippen LogP contribution is -2.55. The number of hydrogen-bond acceptors (Lipinski definition) is 3. The average Bonchev–Trinajstić information content (AvgIpc) is 2.47. The highest BCUT2D eigenvalue weighted by molar-refractivity contribution is 4.83. The Bertz CT molecular complexity index is 139. The number of nitrogens with two attached hydrogens (primary N) is 1. The van der Waals surface area contributed by atoms with Gasteiger partial charge in [-0.3, -0.25) is 0 Å². The molecule has 0 aromatic rings. The topological polar surface area (TPSA) is 38.5 Å². The first-order valence-corrected chi connectivity index (χ1v) is 4.94. The van der Waals surface area contributed by atoms with Crippen molar-refractivity contribution in [2.24, 2.45) is 5.73 Å². The van der Waals surface area contributed by atoms with E-state index in [9.17, 15) is 0 Å². The van der Waals surface area contributed by atoms with Crippen LogP contribution in [0.4, 0.5) is 0 Å². The van der Waals surface area contributed by atoms with Gasteiger partial charge in [0.15, 0.2) is 0 Å². The predicted octanol–water partition coefficient (Wildman–Crippen LogP) is 0.198. The molecule has 2 rings (SSSR count). The van der Waals surface area contributed by atoms with Crippen LogP contribution in [0, 0.1) is 0 Å². The zero-order valence-electron chi connectivity index (χ0n) is 7.54. The van der Waals surface area contributed by atoms with Crippen molar-refractivity contribution in [3.8, 4) is 0 Å². The van der Waals surface area contributed by atoms with Crippen molar-refractivity contribution < 1.29 is 4.74 Å². The van der Waals surface area contributed by atoms with E-state index in [1.165, 1.54) is 25.8 Å². The summed E-state index contributed by atoms with van der Waals surface area (Å²) in [5.41, 5.74) is 5.68. The molecule has 0 spiro atoms. The second-order valence-corrected chi connectivity index (χ2v) is 3.94. The molecule has 2 fully saturated rings. The van der Waals surface area contributed by atoms with Crippen LogP contribution in [0.25, 0.3) is 0 Å². The zero-order valence-corrected chi connectivity index (χ0v) is 7.54. The van der Waals surface area contributed by atoms with Gasteiger partial charge < -0.3 is 15.4 Å². The summed E-state index contributed by atoms with van der Waals surface area (Å²) in [6, 6.07) is 0.439. The first-order valence-electron chi connectivity index (χ1n) is 4.94. The third-order valence-corrected chi connectivity index (χ3v) is 2.78. The second kappa shape index (κ2) is 3.73. The van der Waals surface area contributed by atoms with E-state index < -0.39 is 0 Å². The Labute approximate surface area is 73.9 Å². The highest BCUT2D eigenvalue weighted by Gasteiger charge is 2.24. The van der Waals surface area contributed by atoms with Crippen molar-refractivity contribution in [1.29, 1.82) is 0 Å². The largest absolute Gasteiger partial charge is 0.378 e. The smallest absolute Gasteiger partial charge is 0.0588 e. The molecule has 70 valence electrons. The van der Waals surface area contributed by atoms with Crippen molar-refractivity contribution in [3.05, 3.63) is 0 Å². The lowest BCUT2D eigenvalue weighted by Gasteiger charge is -2.37. The molecule has 3 heteroatoms. The van der Waals surface area contributed by atoms with E-state index in [1.807, 2.05) is 0 Å². The van der Waals surface area contributed by atoms with Crippen molar-refractivity contribution in [2.45, 2.75) is 31.4 Å². The summed E-state index contributed by atoms with van der Waals surface area (Å²) in [4.78, 5) is 2.41. The van der Waals surface area contributed by atoms with Gasteiger partial charge in [0.2, 0.25) is 0 Å². The lowest BCUT2D eigenvalue weighted by molar-refractivity contribution is 0.0749. The number of hydrogen-bond donors (Lipinski definition) is 1. The summed E-state index contributed by atoms with van der Waals surface area (Å²) in [5, 5.41) is 0. The van der Waals surface area contributed by atoms with Crippen LogP contribution in [0.2, 0.25) is 0 Å². The summed E-state index contributed by atoms with van der Waals surface area (Å²) in [5.74, 6) is 0. The fourth-order valence-electron chi connectivity index (χ4n) is 1.99. The van der Waals surface area contributed by atoms with Crippen LogP contribution in [0.3, 0.4) is 0 Å². The number of likely N-dealkylation sites (tertiary alicyclic amines) is 1. The SMILES string of the molecule is NC1CN(CCC2CCCO2)C1. The molecule has 2 aliphatic rings. The lowest BCUT2D eigenvalue weighted by atomic mass is 10.1. The molecule has 0 radical (unpaired) electrons.